The molecule has 1 atom stereocenters. The first-order chi connectivity index (χ1) is 10.4. The fourth-order valence-corrected chi connectivity index (χ4v) is 2.89. The normalized spacial score (nSPS) is 20.7. The van der Waals surface area contributed by atoms with E-state index >= 15 is 0 Å². The Kier molecular flexibility index (Phi) is 4.25. The summed E-state index contributed by atoms with van der Waals surface area (Å²) < 4.78 is 10.5. The predicted octanol–water partition coefficient (Wildman–Crippen LogP) is 5.34. The van der Waals surface area contributed by atoms with Gasteiger partial charge in [0.15, 0.2) is 0 Å². The van der Waals surface area contributed by atoms with Gasteiger partial charge in [-0.2, -0.15) is 0 Å². The van der Waals surface area contributed by atoms with Gasteiger partial charge in [-0.05, 0) is 30.7 Å². The summed E-state index contributed by atoms with van der Waals surface area (Å²) in [6, 6.07) is 11.1. The fraction of sp³-hybridized carbons (Fsp3) is 0.312. The smallest absolute Gasteiger partial charge is 0.219 e. The summed E-state index contributed by atoms with van der Waals surface area (Å²) in [6.45, 7) is 2.36. The van der Waals surface area contributed by atoms with Gasteiger partial charge < -0.3 is 9.47 Å². The molecule has 2 aromatic rings. The molecule has 1 fully saturated rings. The molecular weight excluding hydrogens is 345 g/mol. The van der Waals surface area contributed by atoms with Crippen LogP contribution in [-0.2, 0) is 10.3 Å². The molecule has 0 N–H and O–H groups in total. The highest BCUT2D eigenvalue weighted by atomic mass is 35.5. The van der Waals surface area contributed by atoms with Gasteiger partial charge in [0.1, 0.15) is 15.7 Å². The lowest BCUT2D eigenvalue weighted by Gasteiger charge is -2.20. The van der Waals surface area contributed by atoms with Crippen molar-refractivity contribution in [2.24, 2.45) is 0 Å². The molecule has 1 aliphatic rings. The topological polar surface area (TPSA) is 34.6 Å². The number of rotatable bonds is 5. The zero-order chi connectivity index (χ0) is 15.8. The van der Waals surface area contributed by atoms with Crippen LogP contribution in [0.25, 0.3) is 0 Å². The second kappa shape index (κ2) is 5.89. The third-order valence-electron chi connectivity index (χ3n) is 3.37. The molecular formula is C16H14Cl3NO2. The highest BCUT2D eigenvalue weighted by Gasteiger charge is 2.50. The van der Waals surface area contributed by atoms with Crippen LogP contribution in [-0.4, -0.2) is 15.9 Å². The van der Waals surface area contributed by atoms with Gasteiger partial charge in [0.05, 0.1) is 11.6 Å². The van der Waals surface area contributed by atoms with Gasteiger partial charge in [-0.15, -0.1) is 23.2 Å². The Balaban J connectivity index is 1.80. The maximum Gasteiger partial charge on any atom is 0.219 e. The number of alkyl halides is 2. The molecule has 1 saturated heterocycles. The van der Waals surface area contributed by atoms with Crippen molar-refractivity contribution in [3.63, 3.8) is 0 Å². The average Bonchev–Trinajstić information content (AvgIpc) is 3.21. The third kappa shape index (κ3) is 3.85. The Hall–Kier alpha value is -1.00. The Bertz CT molecular complexity index is 664. The zero-order valence-corrected chi connectivity index (χ0v) is 14.1. The molecule has 1 unspecified atom stereocenters. The van der Waals surface area contributed by atoms with Gasteiger partial charge in [-0.1, -0.05) is 23.7 Å². The Morgan fingerprint density at radius 2 is 2.09 bits per heavy atom. The van der Waals surface area contributed by atoms with Crippen LogP contribution >= 0.6 is 34.8 Å². The van der Waals surface area contributed by atoms with Gasteiger partial charge in [-0.25, -0.2) is 4.98 Å². The second-order valence-corrected chi connectivity index (χ2v) is 7.77. The van der Waals surface area contributed by atoms with Crippen molar-refractivity contribution in [3.8, 4) is 11.6 Å². The molecule has 0 bridgehead atoms. The molecule has 0 amide bonds. The van der Waals surface area contributed by atoms with E-state index in [2.05, 4.69) is 4.98 Å². The second-order valence-electron chi connectivity index (χ2n) is 5.47. The molecule has 1 aliphatic heterocycles. The number of aromatic nitrogens is 1. The van der Waals surface area contributed by atoms with Crippen molar-refractivity contribution in [3.05, 3.63) is 53.2 Å². The summed E-state index contributed by atoms with van der Waals surface area (Å²) in [5.41, 5.74) is 0.567. The number of nitrogens with zero attached hydrogens (tertiary/aromatic N) is 1. The van der Waals surface area contributed by atoms with Crippen LogP contribution in [0, 0.1) is 0 Å². The Labute approximate surface area is 144 Å². The summed E-state index contributed by atoms with van der Waals surface area (Å²) in [7, 11) is 0. The molecule has 3 rings (SSSR count). The summed E-state index contributed by atoms with van der Waals surface area (Å²) in [4.78, 5) is 4.11. The number of halogens is 3. The van der Waals surface area contributed by atoms with Crippen molar-refractivity contribution in [1.82, 2.24) is 4.98 Å². The Morgan fingerprint density at radius 3 is 2.68 bits per heavy atom. The number of epoxide rings is 1. The van der Waals surface area contributed by atoms with Gasteiger partial charge in [0.2, 0.25) is 5.88 Å². The first kappa shape index (κ1) is 15.9. The van der Waals surface area contributed by atoms with Gasteiger partial charge in [0, 0.05) is 18.7 Å². The summed E-state index contributed by atoms with van der Waals surface area (Å²) in [6.07, 6.45) is 2.06. The van der Waals surface area contributed by atoms with Crippen LogP contribution < -0.4 is 4.74 Å². The first-order valence-corrected chi connectivity index (χ1v) is 7.92. The molecule has 3 nitrogen and oxygen atoms in total. The minimum atomic E-state index is -0.842. The van der Waals surface area contributed by atoms with E-state index in [1.165, 1.54) is 0 Å². The first-order valence-electron chi connectivity index (χ1n) is 6.78. The lowest BCUT2D eigenvalue weighted by molar-refractivity contribution is 0.286. The molecule has 116 valence electrons. The molecule has 0 saturated carbocycles. The van der Waals surface area contributed by atoms with Crippen LogP contribution in [0.2, 0.25) is 5.02 Å². The summed E-state index contributed by atoms with van der Waals surface area (Å²) in [5.74, 6) is 1.15. The largest absolute Gasteiger partial charge is 0.439 e. The molecule has 22 heavy (non-hydrogen) atoms. The quantitative estimate of drug-likeness (QED) is 0.534. The van der Waals surface area contributed by atoms with Crippen LogP contribution in [0.5, 0.6) is 11.6 Å². The molecule has 6 heteroatoms. The maximum atomic E-state index is 6.12. The summed E-state index contributed by atoms with van der Waals surface area (Å²) in [5, 5.41) is 0.565. The zero-order valence-electron chi connectivity index (χ0n) is 11.9. The minimum Gasteiger partial charge on any atom is -0.439 e. The van der Waals surface area contributed by atoms with Crippen LogP contribution in [0.4, 0.5) is 0 Å². The lowest BCUT2D eigenvalue weighted by atomic mass is 9.94. The number of hydrogen-bond donors (Lipinski definition) is 0. The van der Waals surface area contributed by atoms with Gasteiger partial charge >= 0.3 is 0 Å². The fourth-order valence-electron chi connectivity index (χ4n) is 2.35. The number of hydrogen-bond acceptors (Lipinski definition) is 3. The van der Waals surface area contributed by atoms with E-state index in [0.29, 0.717) is 29.7 Å². The monoisotopic (exact) mass is 357 g/mol. The number of pyridine rings is 1. The molecule has 2 heterocycles. The number of ether oxygens (including phenoxy) is 2. The van der Waals surface area contributed by atoms with Crippen LogP contribution in [0.15, 0.2) is 42.6 Å². The van der Waals surface area contributed by atoms with Crippen molar-refractivity contribution in [1.29, 1.82) is 0 Å². The molecule has 0 aliphatic carbocycles. The Morgan fingerprint density at radius 1 is 1.32 bits per heavy atom. The highest BCUT2D eigenvalue weighted by Crippen LogP contribution is 2.48. The van der Waals surface area contributed by atoms with E-state index in [4.69, 9.17) is 44.3 Å². The van der Waals surface area contributed by atoms with E-state index in [1.807, 2.05) is 24.3 Å². The summed E-state index contributed by atoms with van der Waals surface area (Å²) >= 11 is 18.1. The maximum absolute atomic E-state index is 6.12. The van der Waals surface area contributed by atoms with E-state index < -0.39 is 9.93 Å². The van der Waals surface area contributed by atoms with Crippen molar-refractivity contribution in [2.45, 2.75) is 23.3 Å². The number of benzene rings is 1. The van der Waals surface area contributed by atoms with E-state index in [1.54, 1.807) is 25.3 Å². The predicted molar refractivity (Wildman–Crippen MR) is 88.1 cm³/mol. The van der Waals surface area contributed by atoms with E-state index in [-0.39, 0.29) is 0 Å². The third-order valence-corrected chi connectivity index (χ3v) is 3.86. The molecule has 1 aromatic carbocycles. The van der Waals surface area contributed by atoms with Crippen LogP contribution in [0.3, 0.4) is 0 Å². The van der Waals surface area contributed by atoms with Crippen LogP contribution in [0.1, 0.15) is 18.9 Å². The van der Waals surface area contributed by atoms with Crippen molar-refractivity contribution >= 4 is 34.8 Å². The van der Waals surface area contributed by atoms with E-state index in [9.17, 15) is 0 Å². The SMILES string of the molecule is CC(Cl)(Cl)CC1(c2cccc(Oc3ccc(Cl)cn3)c2)CO1. The average molecular weight is 359 g/mol. The van der Waals surface area contributed by atoms with E-state index in [0.717, 1.165) is 5.56 Å². The van der Waals surface area contributed by atoms with Crippen molar-refractivity contribution < 1.29 is 9.47 Å². The standard InChI is InChI=1S/C16H14Cl3NO2/c1-15(18,19)9-16(10-21-16)11-3-2-4-13(7-11)22-14-6-5-12(17)8-20-14/h2-8H,9-10H2,1H3. The highest BCUT2D eigenvalue weighted by molar-refractivity contribution is 6.48. The minimum absolute atomic E-state index is 0.426. The van der Waals surface area contributed by atoms with Crippen molar-refractivity contribution in [2.75, 3.05) is 6.61 Å². The molecule has 0 radical (unpaired) electrons. The van der Waals surface area contributed by atoms with Gasteiger partial charge in [-0.3, -0.25) is 0 Å². The van der Waals surface area contributed by atoms with Gasteiger partial charge in [0.25, 0.3) is 0 Å². The lowest BCUT2D eigenvalue weighted by Crippen LogP contribution is -2.20. The molecule has 0 spiro atoms. The molecule has 1 aromatic heterocycles.